The molecule has 1 aliphatic carbocycles. The van der Waals surface area contributed by atoms with Crippen molar-refractivity contribution in [3.63, 3.8) is 0 Å². The Hall–Kier alpha value is -0.450. The van der Waals surface area contributed by atoms with E-state index in [4.69, 9.17) is 5.73 Å². The molecule has 3 rings (SSSR count). The summed E-state index contributed by atoms with van der Waals surface area (Å²) in [6.45, 7) is 1.09. The molecule has 2 unspecified atom stereocenters. The number of halogens is 2. The number of nitrogens with zero attached hydrogens (tertiary/aromatic N) is 1. The summed E-state index contributed by atoms with van der Waals surface area (Å²) in [5, 5.41) is 0. The van der Waals surface area contributed by atoms with Gasteiger partial charge >= 0.3 is 0 Å². The summed E-state index contributed by atoms with van der Waals surface area (Å²) in [5.74, 6) is -0.176. The maximum atomic E-state index is 13.6. The lowest BCUT2D eigenvalue weighted by molar-refractivity contribution is 0.175. The van der Waals surface area contributed by atoms with E-state index in [1.807, 2.05) is 0 Å². The summed E-state index contributed by atoms with van der Waals surface area (Å²) >= 11 is 3.57. The van der Waals surface area contributed by atoms with Gasteiger partial charge < -0.3 is 5.73 Å². The smallest absolute Gasteiger partial charge is 0.123 e. The molecule has 2 atom stereocenters. The van der Waals surface area contributed by atoms with Crippen LogP contribution < -0.4 is 5.73 Å². The maximum absolute atomic E-state index is 13.6. The molecule has 2 fully saturated rings. The molecule has 0 radical (unpaired) electrons. The molecule has 1 aliphatic heterocycles. The summed E-state index contributed by atoms with van der Waals surface area (Å²) in [6.07, 6.45) is 5.92. The highest BCUT2D eigenvalue weighted by atomic mass is 79.9. The van der Waals surface area contributed by atoms with Gasteiger partial charge in [-0.3, -0.25) is 4.90 Å². The Kier molecular flexibility index (Phi) is 3.92. The Balaban J connectivity index is 1.98. The molecule has 2 nitrogen and oxygen atoms in total. The first kappa shape index (κ1) is 13.5. The van der Waals surface area contributed by atoms with E-state index in [2.05, 4.69) is 20.8 Å². The maximum Gasteiger partial charge on any atom is 0.123 e. The Morgan fingerprint density at radius 2 is 2.00 bits per heavy atom. The molecule has 104 valence electrons. The van der Waals surface area contributed by atoms with Crippen molar-refractivity contribution in [3.05, 3.63) is 34.1 Å². The quantitative estimate of drug-likeness (QED) is 0.899. The van der Waals surface area contributed by atoms with Crippen molar-refractivity contribution >= 4 is 15.9 Å². The number of benzene rings is 1. The molecule has 0 amide bonds. The molecule has 0 aromatic heterocycles. The first-order valence-electron chi connectivity index (χ1n) is 7.13. The predicted molar refractivity (Wildman–Crippen MR) is 78.4 cm³/mol. The highest BCUT2D eigenvalue weighted by Gasteiger charge is 2.38. The van der Waals surface area contributed by atoms with Crippen LogP contribution in [-0.4, -0.2) is 23.5 Å². The van der Waals surface area contributed by atoms with Gasteiger partial charge in [0.2, 0.25) is 0 Å². The third-order valence-electron chi connectivity index (χ3n) is 4.26. The third-order valence-corrected chi connectivity index (χ3v) is 4.98. The van der Waals surface area contributed by atoms with E-state index in [-0.39, 0.29) is 17.9 Å². The molecular formula is C15H20BrFN2. The SMILES string of the molecule is NC1CCCCN(C2CC2)C1c1cc(F)ccc1Br. The topological polar surface area (TPSA) is 29.3 Å². The third kappa shape index (κ3) is 2.86. The normalized spacial score (nSPS) is 29.2. The minimum Gasteiger partial charge on any atom is -0.326 e. The van der Waals surface area contributed by atoms with E-state index in [9.17, 15) is 4.39 Å². The van der Waals surface area contributed by atoms with Crippen LogP contribution in [0.5, 0.6) is 0 Å². The van der Waals surface area contributed by atoms with Crippen molar-refractivity contribution in [1.29, 1.82) is 0 Å². The zero-order chi connectivity index (χ0) is 13.4. The molecule has 1 aromatic carbocycles. The monoisotopic (exact) mass is 326 g/mol. The Bertz CT molecular complexity index is 461. The molecule has 1 aromatic rings. The van der Waals surface area contributed by atoms with Gasteiger partial charge in [0.05, 0.1) is 6.04 Å². The number of hydrogen-bond acceptors (Lipinski definition) is 2. The average molecular weight is 327 g/mol. The summed E-state index contributed by atoms with van der Waals surface area (Å²) in [5.41, 5.74) is 7.42. The van der Waals surface area contributed by atoms with Gasteiger partial charge in [-0.15, -0.1) is 0 Å². The molecule has 2 N–H and O–H groups in total. The fourth-order valence-electron chi connectivity index (χ4n) is 3.18. The van der Waals surface area contributed by atoms with E-state index in [0.717, 1.165) is 23.0 Å². The van der Waals surface area contributed by atoms with Crippen molar-refractivity contribution in [2.45, 2.75) is 50.2 Å². The van der Waals surface area contributed by atoms with Gasteiger partial charge in [0.1, 0.15) is 5.82 Å². The number of likely N-dealkylation sites (tertiary alicyclic amines) is 1. The summed E-state index contributed by atoms with van der Waals surface area (Å²) in [4.78, 5) is 2.51. The van der Waals surface area contributed by atoms with Gasteiger partial charge in [-0.1, -0.05) is 22.4 Å². The van der Waals surface area contributed by atoms with Gasteiger partial charge in [-0.05, 0) is 56.0 Å². The molecule has 1 heterocycles. The van der Waals surface area contributed by atoms with Gasteiger partial charge in [-0.25, -0.2) is 4.39 Å². The minimum absolute atomic E-state index is 0.0983. The molecule has 0 bridgehead atoms. The fraction of sp³-hybridized carbons (Fsp3) is 0.600. The van der Waals surface area contributed by atoms with Crippen molar-refractivity contribution in [1.82, 2.24) is 4.90 Å². The average Bonchev–Trinajstić information content (AvgIpc) is 3.19. The van der Waals surface area contributed by atoms with Gasteiger partial charge in [0.25, 0.3) is 0 Å². The summed E-state index contributed by atoms with van der Waals surface area (Å²) in [6, 6.07) is 5.85. The van der Waals surface area contributed by atoms with Crippen LogP contribution in [0.1, 0.15) is 43.7 Å². The number of hydrogen-bond donors (Lipinski definition) is 1. The predicted octanol–water partition coefficient (Wildman–Crippen LogP) is 3.60. The second kappa shape index (κ2) is 5.51. The molecule has 1 saturated carbocycles. The first-order chi connectivity index (χ1) is 9.16. The Morgan fingerprint density at radius 1 is 1.21 bits per heavy atom. The lowest BCUT2D eigenvalue weighted by atomic mass is 9.96. The first-order valence-corrected chi connectivity index (χ1v) is 7.92. The lowest BCUT2D eigenvalue weighted by Crippen LogP contribution is -2.41. The van der Waals surface area contributed by atoms with Crippen molar-refractivity contribution in [2.75, 3.05) is 6.54 Å². The van der Waals surface area contributed by atoms with Crippen LogP contribution in [0.3, 0.4) is 0 Å². The van der Waals surface area contributed by atoms with E-state index in [1.54, 1.807) is 12.1 Å². The highest BCUT2D eigenvalue weighted by Crippen LogP contribution is 2.40. The van der Waals surface area contributed by atoms with Crippen LogP contribution >= 0.6 is 15.9 Å². The van der Waals surface area contributed by atoms with Crippen LogP contribution in [0.2, 0.25) is 0 Å². The minimum atomic E-state index is -0.176. The van der Waals surface area contributed by atoms with Gasteiger partial charge in [0.15, 0.2) is 0 Å². The van der Waals surface area contributed by atoms with Crippen molar-refractivity contribution in [3.8, 4) is 0 Å². The van der Waals surface area contributed by atoms with E-state index >= 15 is 0 Å². The Labute approximate surface area is 122 Å². The Morgan fingerprint density at radius 3 is 2.74 bits per heavy atom. The fourth-order valence-corrected chi connectivity index (χ4v) is 3.66. The largest absolute Gasteiger partial charge is 0.326 e. The lowest BCUT2D eigenvalue weighted by Gasteiger charge is -2.34. The van der Waals surface area contributed by atoms with Crippen LogP contribution in [0.15, 0.2) is 22.7 Å². The van der Waals surface area contributed by atoms with Crippen molar-refractivity contribution < 1.29 is 4.39 Å². The molecule has 19 heavy (non-hydrogen) atoms. The summed E-state index contributed by atoms with van der Waals surface area (Å²) < 4.78 is 14.6. The zero-order valence-electron chi connectivity index (χ0n) is 11.0. The van der Waals surface area contributed by atoms with E-state index in [0.29, 0.717) is 6.04 Å². The molecule has 0 spiro atoms. The molecule has 4 heteroatoms. The molecule has 1 saturated heterocycles. The highest BCUT2D eigenvalue weighted by molar-refractivity contribution is 9.10. The number of nitrogens with two attached hydrogens (primary N) is 1. The van der Waals surface area contributed by atoms with Crippen LogP contribution in [0, 0.1) is 5.82 Å². The molecule has 2 aliphatic rings. The second-order valence-corrected chi connectivity index (χ2v) is 6.59. The van der Waals surface area contributed by atoms with Crippen LogP contribution in [-0.2, 0) is 0 Å². The van der Waals surface area contributed by atoms with Gasteiger partial charge in [0, 0.05) is 16.6 Å². The van der Waals surface area contributed by atoms with E-state index in [1.165, 1.54) is 31.7 Å². The number of rotatable bonds is 2. The second-order valence-electron chi connectivity index (χ2n) is 5.74. The van der Waals surface area contributed by atoms with Crippen LogP contribution in [0.4, 0.5) is 4.39 Å². The van der Waals surface area contributed by atoms with E-state index < -0.39 is 0 Å². The van der Waals surface area contributed by atoms with Crippen molar-refractivity contribution in [2.24, 2.45) is 5.73 Å². The standard InChI is InChI=1S/C15H20BrFN2/c16-13-7-4-10(17)9-12(13)15-14(18)3-1-2-8-19(15)11-5-6-11/h4,7,9,11,14-15H,1-3,5-6,8,18H2. The van der Waals surface area contributed by atoms with Crippen LogP contribution in [0.25, 0.3) is 0 Å². The zero-order valence-corrected chi connectivity index (χ0v) is 12.6. The van der Waals surface area contributed by atoms with Gasteiger partial charge in [-0.2, -0.15) is 0 Å². The summed E-state index contributed by atoms with van der Waals surface area (Å²) in [7, 11) is 0. The molecular weight excluding hydrogens is 307 g/mol.